The topological polar surface area (TPSA) is 87.6 Å². The molecule has 29 heavy (non-hydrogen) atoms. The van der Waals surface area contributed by atoms with E-state index >= 15 is 0 Å². The molecule has 2 aromatic rings. The van der Waals surface area contributed by atoms with Gasteiger partial charge in [-0.3, -0.25) is 9.79 Å². The molecule has 0 fully saturated rings. The van der Waals surface area contributed by atoms with Crippen molar-refractivity contribution in [3.8, 4) is 5.75 Å². The largest absolute Gasteiger partial charge is 0.493 e. The molecule has 8 heteroatoms. The van der Waals surface area contributed by atoms with E-state index in [1.807, 2.05) is 25.1 Å². The molecule has 2 heterocycles. The molecule has 0 aliphatic carbocycles. The lowest BCUT2D eigenvalue weighted by molar-refractivity contribution is -0.116. The summed E-state index contributed by atoms with van der Waals surface area (Å²) in [6.45, 7) is 3.93. The van der Waals surface area contributed by atoms with Gasteiger partial charge in [-0.15, -0.1) is 24.0 Å². The van der Waals surface area contributed by atoms with E-state index in [1.54, 1.807) is 13.1 Å². The second kappa shape index (κ2) is 11.6. The number of benzene rings is 1. The third-order valence-electron chi connectivity index (χ3n) is 4.48. The van der Waals surface area contributed by atoms with Gasteiger partial charge < -0.3 is 20.7 Å². The number of aliphatic imine (C=N–C) groups is 1. The summed E-state index contributed by atoms with van der Waals surface area (Å²) in [6.07, 6.45) is 2.22. The number of carbonyl (C=O) groups is 1. The fourth-order valence-electron chi connectivity index (χ4n) is 3.05. The second-order valence-corrected chi connectivity index (χ2v) is 6.68. The number of nitrogens with zero attached hydrogens (tertiary/aromatic N) is 2. The van der Waals surface area contributed by atoms with E-state index in [0.29, 0.717) is 24.7 Å². The summed E-state index contributed by atoms with van der Waals surface area (Å²) in [7, 11) is 1.72. The average molecular weight is 509 g/mol. The number of aromatic nitrogens is 1. The van der Waals surface area contributed by atoms with Gasteiger partial charge in [-0.2, -0.15) is 0 Å². The molecule has 3 N–H and O–H groups in total. The zero-order valence-electron chi connectivity index (χ0n) is 16.8. The minimum atomic E-state index is -0.0820. The fraction of sp³-hybridized carbons (Fsp3) is 0.381. The van der Waals surface area contributed by atoms with Crippen LogP contribution in [0.3, 0.4) is 0 Å². The summed E-state index contributed by atoms with van der Waals surface area (Å²) >= 11 is 0. The second-order valence-electron chi connectivity index (χ2n) is 6.68. The van der Waals surface area contributed by atoms with E-state index in [0.717, 1.165) is 37.4 Å². The Bertz CT molecular complexity index is 857. The van der Waals surface area contributed by atoms with Crippen molar-refractivity contribution in [1.29, 1.82) is 0 Å². The van der Waals surface area contributed by atoms with Crippen molar-refractivity contribution in [2.45, 2.75) is 26.2 Å². The van der Waals surface area contributed by atoms with Crippen LogP contribution in [0.2, 0.25) is 0 Å². The van der Waals surface area contributed by atoms with Crippen LogP contribution in [-0.2, 0) is 17.6 Å². The SMILES string of the molecule is CN=C(NCCC(=O)Nc1cccc(C)n1)NCCc1ccc2c(c1)CCO2.I. The standard InChI is InChI=1S/C21H27N5O2.HI/c1-15-4-3-5-19(25-15)26-20(27)9-12-24-21(22-2)23-11-8-16-6-7-18-17(14-16)10-13-28-18;/h3-7,14H,8-13H2,1-2H3,(H2,22,23,24)(H,25,26,27);1H. The van der Waals surface area contributed by atoms with E-state index in [2.05, 4.69) is 38.1 Å². The molecule has 7 nitrogen and oxygen atoms in total. The predicted octanol–water partition coefficient (Wildman–Crippen LogP) is 2.68. The Kier molecular flexibility index (Phi) is 9.17. The zero-order chi connectivity index (χ0) is 19.8. The molecule has 156 valence electrons. The lowest BCUT2D eigenvalue weighted by Gasteiger charge is -2.12. The van der Waals surface area contributed by atoms with Crippen LogP contribution in [0.4, 0.5) is 5.82 Å². The third-order valence-corrected chi connectivity index (χ3v) is 4.48. The maximum absolute atomic E-state index is 12.0. The molecule has 0 atom stereocenters. The number of aryl methyl sites for hydroxylation is 1. The maximum Gasteiger partial charge on any atom is 0.227 e. The maximum atomic E-state index is 12.0. The van der Waals surface area contributed by atoms with Crippen molar-refractivity contribution in [2.75, 3.05) is 32.1 Å². The molecule has 1 aliphatic heterocycles. The highest BCUT2D eigenvalue weighted by molar-refractivity contribution is 14.0. The summed E-state index contributed by atoms with van der Waals surface area (Å²) in [5.41, 5.74) is 3.43. The number of halogens is 1. The van der Waals surface area contributed by atoms with Crippen molar-refractivity contribution in [3.63, 3.8) is 0 Å². The van der Waals surface area contributed by atoms with Gasteiger partial charge in [0.15, 0.2) is 5.96 Å². The molecule has 3 rings (SSSR count). The number of guanidine groups is 1. The van der Waals surface area contributed by atoms with Gasteiger partial charge in [0.25, 0.3) is 0 Å². The van der Waals surface area contributed by atoms with Crippen LogP contribution in [0.25, 0.3) is 0 Å². The number of pyridine rings is 1. The van der Waals surface area contributed by atoms with Crippen LogP contribution in [0.15, 0.2) is 41.4 Å². The van der Waals surface area contributed by atoms with E-state index in [9.17, 15) is 4.79 Å². The van der Waals surface area contributed by atoms with Gasteiger partial charge in [0, 0.05) is 38.7 Å². The van der Waals surface area contributed by atoms with Gasteiger partial charge in [-0.1, -0.05) is 18.2 Å². The lowest BCUT2D eigenvalue weighted by Crippen LogP contribution is -2.39. The molecule has 0 unspecified atom stereocenters. The van der Waals surface area contributed by atoms with Gasteiger partial charge >= 0.3 is 0 Å². The van der Waals surface area contributed by atoms with E-state index < -0.39 is 0 Å². The van der Waals surface area contributed by atoms with Crippen molar-refractivity contribution in [2.24, 2.45) is 4.99 Å². The molecule has 0 bridgehead atoms. The molecular formula is C21H28IN5O2. The normalized spacial score (nSPS) is 12.4. The van der Waals surface area contributed by atoms with Crippen molar-refractivity contribution in [1.82, 2.24) is 15.6 Å². The highest BCUT2D eigenvalue weighted by Crippen LogP contribution is 2.25. The Balaban J connectivity index is 0.00000300. The number of hydrogen-bond acceptors (Lipinski definition) is 4. The van der Waals surface area contributed by atoms with Crippen molar-refractivity contribution < 1.29 is 9.53 Å². The number of anilines is 1. The quantitative estimate of drug-likeness (QED) is 0.304. The number of hydrogen-bond donors (Lipinski definition) is 3. The van der Waals surface area contributed by atoms with E-state index in [-0.39, 0.29) is 29.9 Å². The van der Waals surface area contributed by atoms with Crippen LogP contribution < -0.4 is 20.7 Å². The highest BCUT2D eigenvalue weighted by Gasteiger charge is 2.11. The summed E-state index contributed by atoms with van der Waals surface area (Å²) < 4.78 is 5.54. The Morgan fingerprint density at radius 1 is 1.21 bits per heavy atom. The number of ether oxygens (including phenoxy) is 1. The smallest absolute Gasteiger partial charge is 0.227 e. The van der Waals surface area contributed by atoms with Crippen molar-refractivity contribution in [3.05, 3.63) is 53.2 Å². The Hall–Kier alpha value is -2.36. The molecule has 0 spiro atoms. The van der Waals surface area contributed by atoms with E-state index in [1.165, 1.54) is 11.1 Å². The lowest BCUT2D eigenvalue weighted by atomic mass is 10.1. The van der Waals surface area contributed by atoms with Crippen LogP contribution in [-0.4, -0.2) is 43.6 Å². The predicted molar refractivity (Wildman–Crippen MR) is 126 cm³/mol. The number of fused-ring (bicyclic) bond motifs is 1. The van der Waals surface area contributed by atoms with E-state index in [4.69, 9.17) is 4.74 Å². The van der Waals surface area contributed by atoms with Crippen LogP contribution in [0, 0.1) is 6.92 Å². The van der Waals surface area contributed by atoms with Crippen LogP contribution >= 0.6 is 24.0 Å². The third kappa shape index (κ3) is 7.19. The summed E-state index contributed by atoms with van der Waals surface area (Å²) in [4.78, 5) is 20.5. The van der Waals surface area contributed by atoms with Crippen molar-refractivity contribution >= 4 is 41.7 Å². The molecule has 0 saturated carbocycles. The number of carbonyl (C=O) groups excluding carboxylic acids is 1. The summed E-state index contributed by atoms with van der Waals surface area (Å²) in [5.74, 6) is 2.19. The molecule has 1 aromatic heterocycles. The molecule has 1 aromatic carbocycles. The zero-order valence-corrected chi connectivity index (χ0v) is 19.2. The number of rotatable bonds is 7. The van der Waals surface area contributed by atoms with Crippen LogP contribution in [0.1, 0.15) is 23.2 Å². The van der Waals surface area contributed by atoms with Gasteiger partial charge in [0.1, 0.15) is 11.6 Å². The first-order valence-electron chi connectivity index (χ1n) is 9.56. The highest BCUT2D eigenvalue weighted by atomic mass is 127. The first-order chi connectivity index (χ1) is 13.6. The summed E-state index contributed by atoms with van der Waals surface area (Å²) in [6, 6.07) is 11.9. The number of nitrogens with one attached hydrogen (secondary N) is 3. The van der Waals surface area contributed by atoms with Gasteiger partial charge in [0.05, 0.1) is 6.61 Å². The minimum Gasteiger partial charge on any atom is -0.493 e. The Morgan fingerprint density at radius 2 is 2.03 bits per heavy atom. The molecule has 1 amide bonds. The van der Waals surface area contributed by atoms with Gasteiger partial charge in [-0.25, -0.2) is 4.98 Å². The minimum absolute atomic E-state index is 0. The number of amides is 1. The fourth-order valence-corrected chi connectivity index (χ4v) is 3.05. The molecule has 0 radical (unpaired) electrons. The summed E-state index contributed by atoms with van der Waals surface area (Å²) in [5, 5.41) is 9.24. The Labute approximate surface area is 188 Å². The first-order valence-corrected chi connectivity index (χ1v) is 9.56. The van der Waals surface area contributed by atoms with Crippen LogP contribution in [0.5, 0.6) is 5.75 Å². The molecule has 1 aliphatic rings. The van der Waals surface area contributed by atoms with Gasteiger partial charge in [-0.05, 0) is 42.7 Å². The average Bonchev–Trinajstić information content (AvgIpc) is 3.14. The monoisotopic (exact) mass is 509 g/mol. The van der Waals surface area contributed by atoms with Gasteiger partial charge in [0.2, 0.25) is 5.91 Å². The molecule has 0 saturated heterocycles. The molecular weight excluding hydrogens is 481 g/mol. The first kappa shape index (κ1) is 22.9. The Morgan fingerprint density at radius 3 is 2.83 bits per heavy atom.